The Morgan fingerprint density at radius 2 is 1.64 bits per heavy atom. The second-order valence-corrected chi connectivity index (χ2v) is 5.56. The second-order valence-electron chi connectivity index (χ2n) is 5.56. The van der Waals surface area contributed by atoms with Crippen molar-refractivity contribution in [2.45, 2.75) is 45.4 Å². The quantitative estimate of drug-likeness (QED) is 0.652. The SMILES string of the molecule is CCCC1(CNCC2(CN)CC2)CC1. The summed E-state index contributed by atoms with van der Waals surface area (Å²) in [4.78, 5) is 0. The van der Waals surface area contributed by atoms with Gasteiger partial charge in [-0.2, -0.15) is 0 Å². The molecule has 2 aliphatic rings. The Morgan fingerprint density at radius 1 is 1.07 bits per heavy atom. The molecular formula is C12H24N2. The minimum absolute atomic E-state index is 0.502. The summed E-state index contributed by atoms with van der Waals surface area (Å²) in [6.45, 7) is 5.57. The molecule has 2 fully saturated rings. The average Bonchev–Trinajstić information content (AvgIpc) is 3.05. The van der Waals surface area contributed by atoms with E-state index in [1.807, 2.05) is 0 Å². The molecule has 0 saturated heterocycles. The monoisotopic (exact) mass is 196 g/mol. The second kappa shape index (κ2) is 3.82. The number of nitrogens with one attached hydrogen (secondary N) is 1. The zero-order valence-electron chi connectivity index (χ0n) is 9.44. The highest BCUT2D eigenvalue weighted by Crippen LogP contribution is 2.49. The zero-order valence-corrected chi connectivity index (χ0v) is 9.44. The molecule has 0 heterocycles. The molecule has 0 aromatic heterocycles. The zero-order chi connectivity index (χ0) is 10.1. The minimum Gasteiger partial charge on any atom is -0.330 e. The van der Waals surface area contributed by atoms with Crippen LogP contribution in [0.1, 0.15) is 45.4 Å². The van der Waals surface area contributed by atoms with Crippen LogP contribution in [0.25, 0.3) is 0 Å². The fourth-order valence-electron chi connectivity index (χ4n) is 2.44. The Bertz CT molecular complexity index is 192. The molecule has 2 rings (SSSR count). The summed E-state index contributed by atoms with van der Waals surface area (Å²) < 4.78 is 0. The molecule has 0 unspecified atom stereocenters. The Labute approximate surface area is 87.6 Å². The van der Waals surface area contributed by atoms with E-state index < -0.39 is 0 Å². The van der Waals surface area contributed by atoms with Crippen molar-refractivity contribution in [2.24, 2.45) is 16.6 Å². The van der Waals surface area contributed by atoms with E-state index in [-0.39, 0.29) is 0 Å². The summed E-state index contributed by atoms with van der Waals surface area (Å²) >= 11 is 0. The van der Waals surface area contributed by atoms with Gasteiger partial charge in [0.05, 0.1) is 0 Å². The molecule has 0 radical (unpaired) electrons. The molecule has 14 heavy (non-hydrogen) atoms. The maximum absolute atomic E-state index is 5.75. The van der Waals surface area contributed by atoms with Gasteiger partial charge in [0.15, 0.2) is 0 Å². The van der Waals surface area contributed by atoms with E-state index in [0.717, 1.165) is 13.1 Å². The molecule has 2 aliphatic carbocycles. The topological polar surface area (TPSA) is 38.0 Å². The van der Waals surface area contributed by atoms with Gasteiger partial charge in [0.1, 0.15) is 0 Å². The lowest BCUT2D eigenvalue weighted by Crippen LogP contribution is -2.33. The third-order valence-electron chi connectivity index (χ3n) is 4.13. The van der Waals surface area contributed by atoms with Crippen LogP contribution in [0.3, 0.4) is 0 Å². The fourth-order valence-corrected chi connectivity index (χ4v) is 2.44. The molecule has 0 spiro atoms. The molecule has 3 N–H and O–H groups in total. The standard InChI is InChI=1S/C12H24N2/c1-2-3-11(4-5-11)9-14-10-12(8-13)6-7-12/h14H,2-10,13H2,1H3. The highest BCUT2D eigenvalue weighted by Gasteiger charge is 2.44. The van der Waals surface area contributed by atoms with Crippen molar-refractivity contribution >= 4 is 0 Å². The summed E-state index contributed by atoms with van der Waals surface area (Å²) in [5, 5.41) is 3.65. The smallest absolute Gasteiger partial charge is 0.00201 e. The van der Waals surface area contributed by atoms with E-state index in [0.29, 0.717) is 10.8 Å². The number of hydrogen-bond acceptors (Lipinski definition) is 2. The molecule has 2 heteroatoms. The lowest BCUT2D eigenvalue weighted by Gasteiger charge is -2.18. The van der Waals surface area contributed by atoms with Crippen molar-refractivity contribution in [3.8, 4) is 0 Å². The Balaban J connectivity index is 1.63. The van der Waals surface area contributed by atoms with Crippen molar-refractivity contribution in [1.82, 2.24) is 5.32 Å². The third kappa shape index (κ3) is 2.29. The first kappa shape index (κ1) is 10.4. The first-order valence-electron chi connectivity index (χ1n) is 6.15. The van der Waals surface area contributed by atoms with Crippen molar-refractivity contribution in [3.63, 3.8) is 0 Å². The lowest BCUT2D eigenvalue weighted by atomic mass is 10.00. The Morgan fingerprint density at radius 3 is 2.07 bits per heavy atom. The molecule has 0 aliphatic heterocycles. The molecule has 2 nitrogen and oxygen atoms in total. The van der Waals surface area contributed by atoms with Crippen molar-refractivity contribution in [1.29, 1.82) is 0 Å². The van der Waals surface area contributed by atoms with Gasteiger partial charge in [-0.3, -0.25) is 0 Å². The first-order valence-corrected chi connectivity index (χ1v) is 6.15. The van der Waals surface area contributed by atoms with Crippen LogP contribution in [0.4, 0.5) is 0 Å². The van der Waals surface area contributed by atoms with Gasteiger partial charge in [-0.25, -0.2) is 0 Å². The molecule has 2 saturated carbocycles. The largest absolute Gasteiger partial charge is 0.330 e. The van der Waals surface area contributed by atoms with Crippen LogP contribution in [0, 0.1) is 10.8 Å². The van der Waals surface area contributed by atoms with E-state index in [1.165, 1.54) is 45.1 Å². The van der Waals surface area contributed by atoms with Crippen molar-refractivity contribution in [2.75, 3.05) is 19.6 Å². The molecule has 0 aromatic rings. The third-order valence-corrected chi connectivity index (χ3v) is 4.13. The predicted octanol–water partition coefficient (Wildman–Crippen LogP) is 1.90. The average molecular weight is 196 g/mol. The summed E-state index contributed by atoms with van der Waals surface area (Å²) in [5.41, 5.74) is 6.95. The molecule has 0 amide bonds. The van der Waals surface area contributed by atoms with Crippen LogP contribution in [-0.2, 0) is 0 Å². The lowest BCUT2D eigenvalue weighted by molar-refractivity contribution is 0.384. The highest BCUT2D eigenvalue weighted by atomic mass is 14.9. The maximum atomic E-state index is 5.75. The number of hydrogen-bond donors (Lipinski definition) is 2. The molecule has 0 aromatic carbocycles. The predicted molar refractivity (Wildman–Crippen MR) is 60.2 cm³/mol. The van der Waals surface area contributed by atoms with E-state index in [4.69, 9.17) is 5.73 Å². The van der Waals surface area contributed by atoms with Gasteiger partial charge in [0.25, 0.3) is 0 Å². The maximum Gasteiger partial charge on any atom is 0.00201 e. The molecular weight excluding hydrogens is 172 g/mol. The van der Waals surface area contributed by atoms with Crippen LogP contribution in [-0.4, -0.2) is 19.6 Å². The summed E-state index contributed by atoms with van der Waals surface area (Å²) in [7, 11) is 0. The number of nitrogens with two attached hydrogens (primary N) is 1. The van der Waals surface area contributed by atoms with Gasteiger partial charge in [-0.15, -0.1) is 0 Å². The van der Waals surface area contributed by atoms with E-state index in [2.05, 4.69) is 12.2 Å². The van der Waals surface area contributed by atoms with Gasteiger partial charge in [-0.1, -0.05) is 13.3 Å². The fraction of sp³-hybridized carbons (Fsp3) is 1.00. The molecule has 0 atom stereocenters. The summed E-state index contributed by atoms with van der Waals surface area (Å²) in [6.07, 6.45) is 8.33. The Hall–Kier alpha value is -0.0800. The summed E-state index contributed by atoms with van der Waals surface area (Å²) in [6, 6.07) is 0. The molecule has 82 valence electrons. The minimum atomic E-state index is 0.502. The van der Waals surface area contributed by atoms with E-state index >= 15 is 0 Å². The van der Waals surface area contributed by atoms with Crippen molar-refractivity contribution < 1.29 is 0 Å². The van der Waals surface area contributed by atoms with Gasteiger partial charge >= 0.3 is 0 Å². The van der Waals surface area contributed by atoms with Gasteiger partial charge in [0.2, 0.25) is 0 Å². The van der Waals surface area contributed by atoms with E-state index in [9.17, 15) is 0 Å². The van der Waals surface area contributed by atoms with Crippen LogP contribution in [0.5, 0.6) is 0 Å². The van der Waals surface area contributed by atoms with Crippen LogP contribution in [0.2, 0.25) is 0 Å². The van der Waals surface area contributed by atoms with Crippen LogP contribution in [0.15, 0.2) is 0 Å². The number of rotatable bonds is 7. The van der Waals surface area contributed by atoms with Crippen LogP contribution < -0.4 is 11.1 Å². The normalized spacial score (nSPS) is 26.1. The highest BCUT2D eigenvalue weighted by molar-refractivity contribution is 4.98. The summed E-state index contributed by atoms with van der Waals surface area (Å²) in [5.74, 6) is 0. The van der Waals surface area contributed by atoms with Crippen molar-refractivity contribution in [3.05, 3.63) is 0 Å². The van der Waals surface area contributed by atoms with Gasteiger partial charge < -0.3 is 11.1 Å². The van der Waals surface area contributed by atoms with Crippen LogP contribution >= 0.6 is 0 Å². The first-order chi connectivity index (χ1) is 6.74. The van der Waals surface area contributed by atoms with Gasteiger partial charge in [0, 0.05) is 13.1 Å². The van der Waals surface area contributed by atoms with E-state index in [1.54, 1.807) is 0 Å². The molecule has 0 bridgehead atoms. The van der Waals surface area contributed by atoms with Gasteiger partial charge in [-0.05, 0) is 49.5 Å². The Kier molecular flexibility index (Phi) is 2.85.